The Labute approximate surface area is 217 Å². The van der Waals surface area contributed by atoms with Gasteiger partial charge in [0, 0.05) is 15.6 Å². The molecule has 0 unspecified atom stereocenters. The Morgan fingerprint density at radius 1 is 1.17 bits per heavy atom. The Morgan fingerprint density at radius 2 is 1.94 bits per heavy atom. The van der Waals surface area contributed by atoms with E-state index < -0.39 is 0 Å². The first-order chi connectivity index (χ1) is 17.0. The van der Waals surface area contributed by atoms with Crippen molar-refractivity contribution < 1.29 is 4.79 Å². The lowest BCUT2D eigenvalue weighted by atomic mass is 9.97. The van der Waals surface area contributed by atoms with Crippen molar-refractivity contribution in [2.75, 3.05) is 11.1 Å². The monoisotopic (exact) mass is 523 g/mol. The van der Waals surface area contributed by atoms with Gasteiger partial charge in [0.2, 0.25) is 5.91 Å². The molecule has 5 nitrogen and oxygen atoms in total. The van der Waals surface area contributed by atoms with Crippen molar-refractivity contribution in [1.82, 2.24) is 9.55 Å². The van der Waals surface area contributed by atoms with Gasteiger partial charge in [-0.1, -0.05) is 48.5 Å². The second kappa shape index (κ2) is 10.2. The van der Waals surface area contributed by atoms with E-state index in [1.807, 2.05) is 49.4 Å². The molecular formula is C27H26ClN3O2S2. The van der Waals surface area contributed by atoms with Crippen molar-refractivity contribution in [2.24, 2.45) is 0 Å². The Bertz CT molecular complexity index is 1470. The van der Waals surface area contributed by atoms with Gasteiger partial charge < -0.3 is 5.32 Å². The lowest BCUT2D eigenvalue weighted by molar-refractivity contribution is -0.113. The number of benzene rings is 2. The second-order valence-corrected chi connectivity index (χ2v) is 11.1. The molecule has 0 saturated carbocycles. The number of halogens is 1. The van der Waals surface area contributed by atoms with Crippen LogP contribution in [0.2, 0.25) is 5.02 Å². The van der Waals surface area contributed by atoms with Crippen LogP contribution >= 0.6 is 34.7 Å². The molecule has 1 N–H and O–H groups in total. The topological polar surface area (TPSA) is 64.0 Å². The number of aryl methyl sites for hydroxylation is 3. The highest BCUT2D eigenvalue weighted by molar-refractivity contribution is 7.99. The van der Waals surface area contributed by atoms with Crippen molar-refractivity contribution in [1.29, 1.82) is 0 Å². The van der Waals surface area contributed by atoms with Crippen LogP contribution in [0.3, 0.4) is 0 Å². The van der Waals surface area contributed by atoms with Crippen LogP contribution in [0.1, 0.15) is 41.3 Å². The van der Waals surface area contributed by atoms with Crippen LogP contribution in [0.5, 0.6) is 0 Å². The van der Waals surface area contributed by atoms with Crippen molar-refractivity contribution in [2.45, 2.75) is 51.1 Å². The molecule has 2 aromatic carbocycles. The molecule has 0 aliphatic heterocycles. The molecule has 1 aliphatic rings. The van der Waals surface area contributed by atoms with Crippen LogP contribution in [0.25, 0.3) is 15.9 Å². The summed E-state index contributed by atoms with van der Waals surface area (Å²) < 4.78 is 1.64. The number of anilines is 1. The lowest BCUT2D eigenvalue weighted by Crippen LogP contribution is -2.24. The number of rotatable bonds is 6. The smallest absolute Gasteiger partial charge is 0.267 e. The van der Waals surface area contributed by atoms with Crippen molar-refractivity contribution in [3.63, 3.8) is 0 Å². The molecule has 0 fully saturated rings. The fourth-order valence-corrected chi connectivity index (χ4v) is 6.76. The van der Waals surface area contributed by atoms with Gasteiger partial charge in [0.1, 0.15) is 4.83 Å². The standard InChI is InChI=1S/C27H26ClN3O2S2/c1-3-17-11-13-18(14-12-17)29-23(32)15-34-27-30-25-24(19-7-4-5-10-22(19)35-25)26(33)31(27)21-9-6-8-20(28)16(21)2/h6,8-9,11-14H,3-5,7,10,15H2,1-2H3,(H,29,32). The third-order valence-electron chi connectivity index (χ3n) is 6.42. The van der Waals surface area contributed by atoms with E-state index in [9.17, 15) is 9.59 Å². The van der Waals surface area contributed by atoms with Crippen LogP contribution in [0.4, 0.5) is 5.69 Å². The molecule has 5 rings (SSSR count). The normalized spacial score (nSPS) is 13.1. The average Bonchev–Trinajstić information content (AvgIpc) is 3.24. The molecule has 1 aliphatic carbocycles. The number of amides is 1. The number of thioether (sulfide) groups is 1. The molecule has 8 heteroatoms. The third kappa shape index (κ3) is 4.77. The van der Waals surface area contributed by atoms with Gasteiger partial charge in [0.15, 0.2) is 5.16 Å². The van der Waals surface area contributed by atoms with Gasteiger partial charge in [-0.25, -0.2) is 4.98 Å². The van der Waals surface area contributed by atoms with Crippen molar-refractivity contribution >= 4 is 56.5 Å². The summed E-state index contributed by atoms with van der Waals surface area (Å²) in [6.07, 6.45) is 5.08. The molecule has 35 heavy (non-hydrogen) atoms. The van der Waals surface area contributed by atoms with Crippen LogP contribution in [-0.2, 0) is 24.1 Å². The summed E-state index contributed by atoms with van der Waals surface area (Å²) in [5, 5.41) is 4.75. The number of nitrogens with one attached hydrogen (secondary N) is 1. The maximum atomic E-state index is 13.9. The Balaban J connectivity index is 1.52. The van der Waals surface area contributed by atoms with Crippen molar-refractivity contribution in [3.8, 4) is 5.69 Å². The summed E-state index contributed by atoms with van der Waals surface area (Å²) in [5.74, 6) is -0.00789. The number of hydrogen-bond acceptors (Lipinski definition) is 5. The largest absolute Gasteiger partial charge is 0.325 e. The highest BCUT2D eigenvalue weighted by Gasteiger charge is 2.24. The quantitative estimate of drug-likeness (QED) is 0.229. The van der Waals surface area contributed by atoms with Crippen LogP contribution in [-0.4, -0.2) is 21.2 Å². The van der Waals surface area contributed by atoms with E-state index in [4.69, 9.17) is 16.6 Å². The van der Waals surface area contributed by atoms with Gasteiger partial charge in [-0.2, -0.15) is 0 Å². The van der Waals surface area contributed by atoms with Crippen molar-refractivity contribution in [3.05, 3.63) is 79.4 Å². The molecule has 1 amide bonds. The van der Waals surface area contributed by atoms with Crippen LogP contribution < -0.4 is 10.9 Å². The summed E-state index contributed by atoms with van der Waals surface area (Å²) in [7, 11) is 0. The minimum Gasteiger partial charge on any atom is -0.325 e. The Morgan fingerprint density at radius 3 is 2.71 bits per heavy atom. The Hall–Kier alpha value is -2.61. The van der Waals surface area contributed by atoms with Gasteiger partial charge >= 0.3 is 0 Å². The fourth-order valence-electron chi connectivity index (χ4n) is 4.48. The minimum atomic E-state index is -0.145. The van der Waals surface area contributed by atoms with E-state index in [1.54, 1.807) is 15.9 Å². The summed E-state index contributed by atoms with van der Waals surface area (Å²) >= 11 is 9.30. The summed E-state index contributed by atoms with van der Waals surface area (Å²) in [4.78, 5) is 33.6. The number of thiophene rings is 1. The number of hydrogen-bond donors (Lipinski definition) is 1. The highest BCUT2D eigenvalue weighted by atomic mass is 35.5. The highest BCUT2D eigenvalue weighted by Crippen LogP contribution is 2.36. The molecule has 180 valence electrons. The predicted octanol–water partition coefficient (Wildman–Crippen LogP) is 6.58. The van der Waals surface area contributed by atoms with Crippen LogP contribution in [0, 0.1) is 6.92 Å². The first kappa shape index (κ1) is 24.1. The zero-order chi connectivity index (χ0) is 24.5. The molecular weight excluding hydrogens is 498 g/mol. The van der Waals surface area contributed by atoms with E-state index in [2.05, 4.69) is 12.2 Å². The molecule has 0 atom stereocenters. The maximum Gasteiger partial charge on any atom is 0.267 e. The van der Waals surface area contributed by atoms with E-state index in [-0.39, 0.29) is 17.2 Å². The fraction of sp³-hybridized carbons (Fsp3) is 0.296. The lowest BCUT2D eigenvalue weighted by Gasteiger charge is -2.16. The SMILES string of the molecule is CCc1ccc(NC(=O)CSc2nc3sc4c(c3c(=O)n2-c2cccc(Cl)c2C)CCCC4)cc1. The van der Waals surface area contributed by atoms with E-state index in [1.165, 1.54) is 22.2 Å². The Kier molecular flexibility index (Phi) is 7.00. The van der Waals surface area contributed by atoms with Crippen LogP contribution in [0.15, 0.2) is 52.4 Å². The summed E-state index contributed by atoms with van der Waals surface area (Å²) in [6.45, 7) is 4.00. The van der Waals surface area contributed by atoms with Gasteiger partial charge in [0.25, 0.3) is 5.56 Å². The average molecular weight is 524 g/mol. The van der Waals surface area contributed by atoms with Gasteiger partial charge in [0.05, 0.1) is 16.8 Å². The predicted molar refractivity (Wildman–Crippen MR) is 147 cm³/mol. The number of nitrogens with zero attached hydrogens (tertiary/aromatic N) is 2. The maximum absolute atomic E-state index is 13.9. The molecule has 0 saturated heterocycles. The molecule has 2 heterocycles. The number of carbonyl (C=O) groups excluding carboxylic acids is 1. The molecule has 4 aromatic rings. The van der Waals surface area contributed by atoms with Gasteiger partial charge in [-0.15, -0.1) is 11.3 Å². The summed E-state index contributed by atoms with van der Waals surface area (Å²) in [5.41, 5.74) is 4.54. The second-order valence-electron chi connectivity index (χ2n) is 8.70. The molecule has 0 bridgehead atoms. The third-order valence-corrected chi connectivity index (χ3v) is 8.95. The molecule has 0 radical (unpaired) electrons. The van der Waals surface area contributed by atoms with E-state index in [0.29, 0.717) is 21.3 Å². The van der Waals surface area contributed by atoms with E-state index in [0.717, 1.165) is 53.7 Å². The van der Waals surface area contributed by atoms with Gasteiger partial charge in [-0.05, 0) is 80.0 Å². The first-order valence-electron chi connectivity index (χ1n) is 11.8. The zero-order valence-electron chi connectivity index (χ0n) is 19.7. The number of fused-ring (bicyclic) bond motifs is 3. The number of carbonyl (C=O) groups is 1. The minimum absolute atomic E-state index is 0.0853. The summed E-state index contributed by atoms with van der Waals surface area (Å²) in [6, 6.07) is 13.4. The molecule has 0 spiro atoms. The zero-order valence-corrected chi connectivity index (χ0v) is 22.1. The van der Waals surface area contributed by atoms with E-state index >= 15 is 0 Å². The van der Waals surface area contributed by atoms with Gasteiger partial charge in [-0.3, -0.25) is 14.2 Å². The molecule has 2 aromatic heterocycles. The first-order valence-corrected chi connectivity index (χ1v) is 14.0. The number of aromatic nitrogens is 2.